The van der Waals surface area contributed by atoms with Gasteiger partial charge < -0.3 is 4.90 Å². The summed E-state index contributed by atoms with van der Waals surface area (Å²) < 4.78 is 1.84. The van der Waals surface area contributed by atoms with E-state index in [1.165, 1.54) is 28.6 Å². The monoisotopic (exact) mass is 405 g/mol. The summed E-state index contributed by atoms with van der Waals surface area (Å²) >= 11 is 3.12. The molecular weight excluding hydrogens is 378 g/mol. The van der Waals surface area contributed by atoms with Crippen LogP contribution in [0.4, 0.5) is 0 Å². The topological polar surface area (TPSA) is 55.2 Å². The number of hydrogen-bond donors (Lipinski definition) is 0. The molecule has 3 heterocycles. The molecule has 0 N–H and O–H groups in total. The molecule has 0 spiro atoms. The molecule has 4 rings (SSSR count). The Hall–Kier alpha value is -1.34. The molecule has 0 atom stereocenters. The van der Waals surface area contributed by atoms with Gasteiger partial charge in [-0.1, -0.05) is 31.5 Å². The van der Waals surface area contributed by atoms with Gasteiger partial charge in [0.2, 0.25) is 5.91 Å². The van der Waals surface area contributed by atoms with Gasteiger partial charge in [0.25, 0.3) is 5.56 Å². The van der Waals surface area contributed by atoms with E-state index in [0.29, 0.717) is 12.3 Å². The first kappa shape index (κ1) is 19.0. The molecule has 5 nitrogen and oxygen atoms in total. The van der Waals surface area contributed by atoms with Gasteiger partial charge in [0.1, 0.15) is 4.83 Å². The number of nitrogens with zero attached hydrogens (tertiary/aromatic N) is 3. The summed E-state index contributed by atoms with van der Waals surface area (Å²) in [7, 11) is 0. The third-order valence-corrected chi connectivity index (χ3v) is 7.71. The molecule has 0 radical (unpaired) electrons. The molecule has 0 bridgehead atoms. The Bertz CT molecular complexity index is 899. The maximum absolute atomic E-state index is 13.3. The van der Waals surface area contributed by atoms with Crippen LogP contribution in [0.2, 0.25) is 0 Å². The van der Waals surface area contributed by atoms with Crippen LogP contribution in [0, 0.1) is 0 Å². The highest BCUT2D eigenvalue weighted by Gasteiger charge is 2.24. The Morgan fingerprint density at radius 3 is 2.74 bits per heavy atom. The van der Waals surface area contributed by atoms with Crippen LogP contribution < -0.4 is 5.56 Å². The lowest BCUT2D eigenvalue weighted by atomic mass is 9.97. The van der Waals surface area contributed by atoms with Gasteiger partial charge in [0.15, 0.2) is 5.16 Å². The number of thioether (sulfide) groups is 1. The molecule has 2 aliphatic rings. The van der Waals surface area contributed by atoms with E-state index < -0.39 is 0 Å². The van der Waals surface area contributed by atoms with Gasteiger partial charge in [-0.15, -0.1) is 11.3 Å². The fraction of sp³-hybridized carbons (Fsp3) is 0.650. The average molecular weight is 406 g/mol. The van der Waals surface area contributed by atoms with Crippen molar-refractivity contribution in [1.82, 2.24) is 14.5 Å². The maximum atomic E-state index is 13.3. The van der Waals surface area contributed by atoms with Gasteiger partial charge in [-0.05, 0) is 44.1 Å². The average Bonchev–Trinajstić information content (AvgIpc) is 2.99. The molecule has 27 heavy (non-hydrogen) atoms. The molecule has 0 aromatic carbocycles. The number of amides is 1. The van der Waals surface area contributed by atoms with Gasteiger partial charge in [-0.25, -0.2) is 4.98 Å². The van der Waals surface area contributed by atoms with Crippen LogP contribution in [0.15, 0.2) is 9.95 Å². The van der Waals surface area contributed by atoms with Crippen LogP contribution in [0.3, 0.4) is 0 Å². The molecule has 2 aromatic rings. The first-order valence-electron chi connectivity index (χ1n) is 10.1. The summed E-state index contributed by atoms with van der Waals surface area (Å²) in [6, 6.07) is 0. The van der Waals surface area contributed by atoms with Crippen molar-refractivity contribution in [2.45, 2.75) is 70.0 Å². The van der Waals surface area contributed by atoms with E-state index >= 15 is 0 Å². The quantitative estimate of drug-likeness (QED) is 0.399. The molecule has 146 valence electrons. The van der Waals surface area contributed by atoms with Gasteiger partial charge in [0, 0.05) is 24.5 Å². The van der Waals surface area contributed by atoms with E-state index in [4.69, 9.17) is 4.98 Å². The van der Waals surface area contributed by atoms with E-state index in [-0.39, 0.29) is 11.5 Å². The zero-order chi connectivity index (χ0) is 18.8. The van der Waals surface area contributed by atoms with Gasteiger partial charge in [-0.3, -0.25) is 14.2 Å². The van der Waals surface area contributed by atoms with E-state index in [1.54, 1.807) is 11.3 Å². The minimum atomic E-state index is 0.106. The predicted molar refractivity (Wildman–Crippen MR) is 112 cm³/mol. The Morgan fingerprint density at radius 1 is 1.19 bits per heavy atom. The molecule has 7 heteroatoms. The van der Waals surface area contributed by atoms with E-state index in [0.717, 1.165) is 73.4 Å². The summed E-state index contributed by atoms with van der Waals surface area (Å²) in [5.74, 6) is 0.530. The Kier molecular flexibility index (Phi) is 5.88. The third-order valence-electron chi connectivity index (χ3n) is 5.56. The number of aromatic nitrogens is 2. The molecular formula is C20H27N3O2S2. The zero-order valence-electron chi connectivity index (χ0n) is 16.0. The van der Waals surface area contributed by atoms with Gasteiger partial charge >= 0.3 is 0 Å². The fourth-order valence-electron chi connectivity index (χ4n) is 3.83. The number of hydrogen-bond acceptors (Lipinski definition) is 5. The van der Waals surface area contributed by atoms with Crippen molar-refractivity contribution in [3.8, 4) is 0 Å². The number of likely N-dealkylation sites (tertiary alicyclic amines) is 1. The van der Waals surface area contributed by atoms with Crippen molar-refractivity contribution >= 4 is 39.2 Å². The Labute approximate surface area is 168 Å². The van der Waals surface area contributed by atoms with Gasteiger partial charge in [0.05, 0.1) is 11.1 Å². The molecule has 1 aliphatic carbocycles. The molecule has 1 saturated heterocycles. The molecule has 0 saturated carbocycles. The summed E-state index contributed by atoms with van der Waals surface area (Å²) in [6.07, 6.45) is 8.73. The minimum Gasteiger partial charge on any atom is -0.342 e. The van der Waals surface area contributed by atoms with Crippen molar-refractivity contribution in [3.05, 3.63) is 20.8 Å². The van der Waals surface area contributed by atoms with Crippen LogP contribution in [-0.4, -0.2) is 39.2 Å². The minimum absolute atomic E-state index is 0.106. The van der Waals surface area contributed by atoms with Crippen LogP contribution in [0.25, 0.3) is 10.2 Å². The highest BCUT2D eigenvalue weighted by atomic mass is 32.2. The number of thiophene rings is 1. The zero-order valence-corrected chi connectivity index (χ0v) is 17.6. The van der Waals surface area contributed by atoms with Crippen LogP contribution >= 0.6 is 23.1 Å². The SMILES string of the molecule is CCCCCn1c(SCC(=O)N2CCC2)nc2sc3c(c2c1=O)CCCC3. The van der Waals surface area contributed by atoms with Crippen LogP contribution in [-0.2, 0) is 24.2 Å². The van der Waals surface area contributed by atoms with Crippen molar-refractivity contribution in [2.24, 2.45) is 0 Å². The highest BCUT2D eigenvalue weighted by molar-refractivity contribution is 7.99. The fourth-order valence-corrected chi connectivity index (χ4v) is 6.06. The number of rotatable bonds is 7. The van der Waals surface area contributed by atoms with Crippen molar-refractivity contribution in [2.75, 3.05) is 18.8 Å². The van der Waals surface area contributed by atoms with Crippen LogP contribution in [0.5, 0.6) is 0 Å². The second-order valence-corrected chi connectivity index (χ2v) is 9.50. The number of fused-ring (bicyclic) bond motifs is 3. The Balaban J connectivity index is 1.67. The first-order valence-corrected chi connectivity index (χ1v) is 11.9. The predicted octanol–water partition coefficient (Wildman–Crippen LogP) is 3.85. The highest BCUT2D eigenvalue weighted by Crippen LogP contribution is 2.34. The normalized spacial score (nSPS) is 16.4. The summed E-state index contributed by atoms with van der Waals surface area (Å²) in [5.41, 5.74) is 1.35. The molecule has 1 fully saturated rings. The lowest BCUT2D eigenvalue weighted by Gasteiger charge is -2.30. The lowest BCUT2D eigenvalue weighted by molar-refractivity contribution is -0.131. The largest absolute Gasteiger partial charge is 0.342 e. The second kappa shape index (κ2) is 8.35. The van der Waals surface area contributed by atoms with Crippen molar-refractivity contribution in [1.29, 1.82) is 0 Å². The lowest BCUT2D eigenvalue weighted by Crippen LogP contribution is -2.43. The van der Waals surface area contributed by atoms with Crippen molar-refractivity contribution in [3.63, 3.8) is 0 Å². The molecule has 0 unspecified atom stereocenters. The number of unbranched alkanes of at least 4 members (excludes halogenated alkanes) is 2. The van der Waals surface area contributed by atoms with E-state index in [9.17, 15) is 9.59 Å². The number of aryl methyl sites for hydroxylation is 2. The first-order chi connectivity index (χ1) is 13.2. The summed E-state index contributed by atoms with van der Waals surface area (Å²) in [4.78, 5) is 34.6. The summed E-state index contributed by atoms with van der Waals surface area (Å²) in [6.45, 7) is 4.60. The van der Waals surface area contributed by atoms with E-state index in [2.05, 4.69) is 6.92 Å². The second-order valence-electron chi connectivity index (χ2n) is 7.47. The van der Waals surface area contributed by atoms with Crippen LogP contribution in [0.1, 0.15) is 55.9 Å². The standard InChI is InChI=1S/C20H27N3O2S2/c1-2-3-6-12-23-19(25)17-14-8-4-5-9-15(14)27-18(17)21-20(23)26-13-16(24)22-10-7-11-22/h2-13H2,1H3. The molecule has 2 aromatic heterocycles. The third kappa shape index (κ3) is 3.81. The number of carbonyl (C=O) groups is 1. The smallest absolute Gasteiger partial charge is 0.263 e. The summed E-state index contributed by atoms with van der Waals surface area (Å²) in [5, 5.41) is 1.57. The van der Waals surface area contributed by atoms with E-state index in [1.807, 2.05) is 9.47 Å². The molecule has 1 aliphatic heterocycles. The maximum Gasteiger partial charge on any atom is 0.263 e. The molecule has 1 amide bonds. The Morgan fingerprint density at radius 2 is 2.00 bits per heavy atom. The number of carbonyl (C=O) groups excluding carboxylic acids is 1. The van der Waals surface area contributed by atoms with Gasteiger partial charge in [-0.2, -0.15) is 0 Å². The van der Waals surface area contributed by atoms with Crippen molar-refractivity contribution < 1.29 is 4.79 Å².